The van der Waals surface area contributed by atoms with Gasteiger partial charge in [0.25, 0.3) is 0 Å². The summed E-state index contributed by atoms with van der Waals surface area (Å²) in [6, 6.07) is 9.61. The number of unbranched alkanes of at least 4 members (excludes halogenated alkanes) is 20. The van der Waals surface area contributed by atoms with Gasteiger partial charge in [0, 0.05) is 20.9 Å². The van der Waals surface area contributed by atoms with Gasteiger partial charge in [0.15, 0.2) is 0 Å². The van der Waals surface area contributed by atoms with Crippen LogP contribution in [0, 0.1) is 0 Å². The summed E-state index contributed by atoms with van der Waals surface area (Å²) >= 11 is 3.82. The molecule has 4 aromatic rings. The molecule has 2 nitrogen and oxygen atoms in total. The van der Waals surface area contributed by atoms with Crippen LogP contribution in [-0.4, -0.2) is 9.97 Å². The van der Waals surface area contributed by atoms with Crippen LogP contribution in [0.3, 0.4) is 0 Å². The molecule has 0 aliphatic heterocycles. The fourth-order valence-corrected chi connectivity index (χ4v) is 9.81. The Bertz CT molecular complexity index is 1400. The molecule has 3 aromatic heterocycles. The fraction of sp³-hybridized carbons (Fsp3) is 0.667. The molecule has 0 unspecified atom stereocenters. The Kier molecular flexibility index (Phi) is 21.3. The predicted octanol–water partition coefficient (Wildman–Crippen LogP) is 16.7. The van der Waals surface area contributed by atoms with Crippen molar-refractivity contribution in [3.05, 3.63) is 57.5 Å². The van der Waals surface area contributed by atoms with Gasteiger partial charge in [-0.1, -0.05) is 168 Å². The van der Waals surface area contributed by atoms with Crippen molar-refractivity contribution < 1.29 is 0 Å². The van der Waals surface area contributed by atoms with Crippen molar-refractivity contribution in [1.29, 1.82) is 0 Å². The summed E-state index contributed by atoms with van der Waals surface area (Å²) < 4.78 is 0. The summed E-state index contributed by atoms with van der Waals surface area (Å²) in [7, 11) is 0. The molecule has 288 valence electrons. The zero-order valence-electron chi connectivity index (χ0n) is 34.0. The van der Waals surface area contributed by atoms with Crippen molar-refractivity contribution >= 4 is 33.7 Å². The number of aryl methyl sites for hydroxylation is 4. The van der Waals surface area contributed by atoms with Gasteiger partial charge >= 0.3 is 0 Å². The molecular weight excluding hydrogens is 669 g/mol. The number of aromatic nitrogens is 2. The topological polar surface area (TPSA) is 25.8 Å². The number of rotatable bonds is 30. The molecule has 0 bridgehead atoms. The monoisotopic (exact) mass is 743 g/mol. The van der Waals surface area contributed by atoms with Gasteiger partial charge in [-0.15, -0.1) is 22.7 Å². The zero-order valence-corrected chi connectivity index (χ0v) is 35.6. The number of benzene rings is 1. The number of fused-ring (bicyclic) bond motifs is 1. The van der Waals surface area contributed by atoms with E-state index in [0.717, 1.165) is 36.7 Å². The van der Waals surface area contributed by atoms with Crippen LogP contribution in [0.15, 0.2) is 35.0 Å². The molecule has 3 heterocycles. The maximum atomic E-state index is 5.72. The lowest BCUT2D eigenvalue weighted by Gasteiger charge is -2.16. The van der Waals surface area contributed by atoms with Gasteiger partial charge in [-0.2, -0.15) is 0 Å². The van der Waals surface area contributed by atoms with E-state index >= 15 is 0 Å². The lowest BCUT2D eigenvalue weighted by Crippen LogP contribution is -2.05. The summed E-state index contributed by atoms with van der Waals surface area (Å²) in [6.07, 6.45) is 36.3. The molecule has 0 atom stereocenters. The summed E-state index contributed by atoms with van der Waals surface area (Å²) in [5, 5.41) is 4.63. The molecule has 1 aromatic carbocycles. The molecule has 0 saturated heterocycles. The molecule has 0 saturated carbocycles. The standard InChI is InChI=1S/C48H74N2S2/c1-5-9-13-17-21-25-29-39-35-37-51-47(39)41-33-34-42(48-40(36-38-52-48)30-26-22-18-14-10-6-2)46-45(41)49-43(31-27-23-19-15-11-7-3)44(50-46)32-28-24-20-16-12-8-4/h33-38H,5-32H2,1-4H3. The molecule has 0 amide bonds. The van der Waals surface area contributed by atoms with E-state index in [0.29, 0.717) is 0 Å². The van der Waals surface area contributed by atoms with Crippen LogP contribution in [0.5, 0.6) is 0 Å². The van der Waals surface area contributed by atoms with Crippen molar-refractivity contribution in [1.82, 2.24) is 9.97 Å². The van der Waals surface area contributed by atoms with Crippen LogP contribution in [0.1, 0.15) is 204 Å². The third-order valence-electron chi connectivity index (χ3n) is 11.1. The average molecular weight is 743 g/mol. The Labute approximate surface area is 328 Å². The Morgan fingerprint density at radius 3 is 1.02 bits per heavy atom. The molecule has 0 fully saturated rings. The van der Waals surface area contributed by atoms with Gasteiger partial charge in [0.2, 0.25) is 0 Å². The first-order chi connectivity index (χ1) is 25.7. The van der Waals surface area contributed by atoms with E-state index in [1.54, 1.807) is 0 Å². The van der Waals surface area contributed by atoms with Crippen LogP contribution in [0.25, 0.3) is 31.9 Å². The van der Waals surface area contributed by atoms with E-state index in [2.05, 4.69) is 62.7 Å². The minimum absolute atomic E-state index is 1.06. The molecular formula is C48H74N2S2. The highest BCUT2D eigenvalue weighted by atomic mass is 32.1. The van der Waals surface area contributed by atoms with Crippen LogP contribution in [-0.2, 0) is 25.7 Å². The first-order valence-electron chi connectivity index (χ1n) is 22.2. The second-order valence-corrected chi connectivity index (χ2v) is 17.4. The summed E-state index contributed by atoms with van der Waals surface area (Å²) in [4.78, 5) is 14.3. The minimum atomic E-state index is 1.06. The Hall–Kier alpha value is -2.04. The smallest absolute Gasteiger partial charge is 0.0983 e. The molecule has 4 rings (SSSR count). The Balaban J connectivity index is 1.69. The van der Waals surface area contributed by atoms with Crippen molar-refractivity contribution in [2.45, 2.75) is 207 Å². The Morgan fingerprint density at radius 1 is 0.365 bits per heavy atom. The highest BCUT2D eigenvalue weighted by Gasteiger charge is 2.20. The minimum Gasteiger partial charge on any atom is -0.249 e. The molecule has 0 aliphatic rings. The van der Waals surface area contributed by atoms with E-state index in [4.69, 9.17) is 9.97 Å². The SMILES string of the molecule is CCCCCCCCc1ccsc1-c1ccc(-c2sccc2CCCCCCCC)c2nc(CCCCCCCC)c(CCCCCCCC)nc12. The molecule has 0 spiro atoms. The van der Waals surface area contributed by atoms with Gasteiger partial charge in [-0.05, 0) is 85.4 Å². The van der Waals surface area contributed by atoms with Gasteiger partial charge in [0.1, 0.15) is 0 Å². The first-order valence-corrected chi connectivity index (χ1v) is 23.9. The van der Waals surface area contributed by atoms with Gasteiger partial charge in [-0.25, -0.2) is 9.97 Å². The number of thiophene rings is 2. The van der Waals surface area contributed by atoms with Crippen molar-refractivity contribution in [3.8, 4) is 20.9 Å². The normalized spacial score (nSPS) is 11.7. The lowest BCUT2D eigenvalue weighted by molar-refractivity contribution is 0.593. The summed E-state index contributed by atoms with van der Waals surface area (Å²) in [6.45, 7) is 9.24. The van der Waals surface area contributed by atoms with Gasteiger partial charge in [-0.3, -0.25) is 0 Å². The van der Waals surface area contributed by atoms with Crippen LogP contribution < -0.4 is 0 Å². The number of nitrogens with zero attached hydrogens (tertiary/aromatic N) is 2. The fourth-order valence-electron chi connectivity index (χ4n) is 7.85. The molecule has 4 heteroatoms. The van der Waals surface area contributed by atoms with Crippen LogP contribution in [0.2, 0.25) is 0 Å². The van der Waals surface area contributed by atoms with Crippen molar-refractivity contribution in [2.75, 3.05) is 0 Å². The first kappa shape index (κ1) is 42.7. The molecule has 0 aliphatic carbocycles. The number of hydrogen-bond donors (Lipinski definition) is 0. The second-order valence-electron chi connectivity index (χ2n) is 15.6. The number of hydrogen-bond acceptors (Lipinski definition) is 4. The van der Waals surface area contributed by atoms with Crippen molar-refractivity contribution in [3.63, 3.8) is 0 Å². The summed E-state index contributed by atoms with van der Waals surface area (Å²) in [5.41, 5.74) is 10.5. The maximum absolute atomic E-state index is 5.72. The van der Waals surface area contributed by atoms with E-state index in [1.165, 1.54) is 197 Å². The van der Waals surface area contributed by atoms with E-state index in [-0.39, 0.29) is 0 Å². The zero-order chi connectivity index (χ0) is 36.6. The third-order valence-corrected chi connectivity index (χ3v) is 13.1. The van der Waals surface area contributed by atoms with E-state index in [9.17, 15) is 0 Å². The van der Waals surface area contributed by atoms with Crippen LogP contribution in [0.4, 0.5) is 0 Å². The molecule has 0 N–H and O–H groups in total. The average Bonchev–Trinajstić information content (AvgIpc) is 3.83. The largest absolute Gasteiger partial charge is 0.249 e. The van der Waals surface area contributed by atoms with Crippen molar-refractivity contribution in [2.24, 2.45) is 0 Å². The van der Waals surface area contributed by atoms with E-state index < -0.39 is 0 Å². The summed E-state index contributed by atoms with van der Waals surface area (Å²) in [5.74, 6) is 0. The lowest BCUT2D eigenvalue weighted by atomic mass is 9.97. The maximum Gasteiger partial charge on any atom is 0.0983 e. The van der Waals surface area contributed by atoms with Crippen LogP contribution >= 0.6 is 22.7 Å². The predicted molar refractivity (Wildman–Crippen MR) is 234 cm³/mol. The van der Waals surface area contributed by atoms with E-state index in [1.807, 2.05) is 22.7 Å². The Morgan fingerprint density at radius 2 is 0.673 bits per heavy atom. The van der Waals surface area contributed by atoms with Gasteiger partial charge < -0.3 is 0 Å². The molecule has 0 radical (unpaired) electrons. The third kappa shape index (κ3) is 14.0. The second kappa shape index (κ2) is 25.9. The molecule has 52 heavy (non-hydrogen) atoms. The highest BCUT2D eigenvalue weighted by Crippen LogP contribution is 2.41. The van der Waals surface area contributed by atoms with Gasteiger partial charge in [0.05, 0.1) is 22.4 Å². The highest BCUT2D eigenvalue weighted by molar-refractivity contribution is 7.14. The quantitative estimate of drug-likeness (QED) is 0.0497.